The van der Waals surface area contributed by atoms with Gasteiger partial charge in [-0.2, -0.15) is 23.3 Å². The second-order valence-electron chi connectivity index (χ2n) is 5.76. The summed E-state index contributed by atoms with van der Waals surface area (Å²) in [5, 5.41) is 13.6. The number of aromatic nitrogens is 3. The van der Waals surface area contributed by atoms with E-state index >= 15 is 0 Å². The van der Waals surface area contributed by atoms with Gasteiger partial charge in [0.25, 0.3) is 0 Å². The zero-order valence-corrected chi connectivity index (χ0v) is 14.1. The molecule has 0 aliphatic rings. The maximum Gasteiger partial charge on any atom is 0.416 e. The fraction of sp³-hybridized carbons (Fsp3) is 0.167. The molecule has 134 valence electrons. The Kier molecular flexibility index (Phi) is 4.75. The molecule has 2 N–H and O–H groups in total. The van der Waals surface area contributed by atoms with Crippen molar-refractivity contribution in [1.29, 1.82) is 0 Å². The molecule has 1 aromatic heterocycles. The first kappa shape index (κ1) is 17.7. The van der Waals surface area contributed by atoms with Crippen LogP contribution in [-0.2, 0) is 6.18 Å². The van der Waals surface area contributed by atoms with E-state index in [4.69, 9.17) is 0 Å². The third-order valence-electron chi connectivity index (χ3n) is 3.74. The van der Waals surface area contributed by atoms with E-state index in [0.717, 1.165) is 28.9 Å². The lowest BCUT2D eigenvalue weighted by Crippen LogP contribution is -2.06. The molecule has 0 aliphatic carbocycles. The second kappa shape index (κ2) is 6.99. The first-order valence-electron chi connectivity index (χ1n) is 7.80. The van der Waals surface area contributed by atoms with Crippen molar-refractivity contribution in [2.75, 3.05) is 10.6 Å². The van der Waals surface area contributed by atoms with Gasteiger partial charge in [0.1, 0.15) is 0 Å². The Labute approximate surface area is 148 Å². The van der Waals surface area contributed by atoms with E-state index in [0.29, 0.717) is 5.82 Å². The molecule has 0 saturated carbocycles. The number of para-hydroxylation sites is 1. The zero-order chi connectivity index (χ0) is 18.7. The van der Waals surface area contributed by atoms with Gasteiger partial charge in [-0.05, 0) is 43.2 Å². The van der Waals surface area contributed by atoms with Crippen molar-refractivity contribution in [3.05, 3.63) is 65.4 Å². The lowest BCUT2D eigenvalue weighted by atomic mass is 10.1. The van der Waals surface area contributed by atoms with Crippen LogP contribution < -0.4 is 10.6 Å². The Morgan fingerprint density at radius 1 is 0.923 bits per heavy atom. The Morgan fingerprint density at radius 3 is 2.31 bits per heavy atom. The number of halogens is 3. The van der Waals surface area contributed by atoms with Crippen LogP contribution in [-0.4, -0.2) is 15.2 Å². The SMILES string of the molecule is Cc1cccc(C)c1Nc1cnnc(Nc2cccc(C(F)(F)F)c2)n1. The van der Waals surface area contributed by atoms with Gasteiger partial charge < -0.3 is 10.6 Å². The minimum Gasteiger partial charge on any atom is -0.338 e. The fourth-order valence-corrected chi connectivity index (χ4v) is 2.46. The summed E-state index contributed by atoms with van der Waals surface area (Å²) in [6.07, 6.45) is -2.97. The summed E-state index contributed by atoms with van der Waals surface area (Å²) in [6.45, 7) is 3.93. The van der Waals surface area contributed by atoms with Crippen LogP contribution in [0.4, 0.5) is 36.3 Å². The van der Waals surface area contributed by atoms with Crippen molar-refractivity contribution < 1.29 is 13.2 Å². The molecule has 3 rings (SSSR count). The number of benzene rings is 2. The minimum atomic E-state index is -4.41. The smallest absolute Gasteiger partial charge is 0.338 e. The number of nitrogens with zero attached hydrogens (tertiary/aromatic N) is 3. The Hall–Kier alpha value is -3.16. The van der Waals surface area contributed by atoms with Crippen LogP contribution in [0.2, 0.25) is 0 Å². The lowest BCUT2D eigenvalue weighted by Gasteiger charge is -2.13. The van der Waals surface area contributed by atoms with E-state index in [1.807, 2.05) is 32.0 Å². The largest absolute Gasteiger partial charge is 0.416 e. The zero-order valence-electron chi connectivity index (χ0n) is 14.1. The summed E-state index contributed by atoms with van der Waals surface area (Å²) in [5.41, 5.74) is 2.45. The number of hydrogen-bond donors (Lipinski definition) is 2. The topological polar surface area (TPSA) is 62.7 Å². The molecular weight excluding hydrogens is 343 g/mol. The van der Waals surface area contributed by atoms with Crippen LogP contribution in [0.25, 0.3) is 0 Å². The first-order valence-corrected chi connectivity index (χ1v) is 7.80. The van der Waals surface area contributed by atoms with Gasteiger partial charge in [-0.1, -0.05) is 24.3 Å². The van der Waals surface area contributed by atoms with Crippen LogP contribution in [0.15, 0.2) is 48.7 Å². The number of aryl methyl sites for hydroxylation is 2. The van der Waals surface area contributed by atoms with E-state index in [-0.39, 0.29) is 11.6 Å². The van der Waals surface area contributed by atoms with E-state index in [2.05, 4.69) is 25.8 Å². The molecule has 26 heavy (non-hydrogen) atoms. The fourth-order valence-electron chi connectivity index (χ4n) is 2.46. The molecule has 5 nitrogen and oxygen atoms in total. The molecule has 0 radical (unpaired) electrons. The number of alkyl halides is 3. The standard InChI is InChI=1S/C18H16F3N5/c1-11-5-3-6-12(2)16(11)24-15-10-22-26-17(25-15)23-14-8-4-7-13(9-14)18(19,20)21/h3-10H,1-2H3,(H2,23,24,25,26). The van der Waals surface area contributed by atoms with Crippen molar-refractivity contribution in [2.24, 2.45) is 0 Å². The molecule has 3 aromatic rings. The maximum absolute atomic E-state index is 12.8. The number of rotatable bonds is 4. The van der Waals surface area contributed by atoms with E-state index < -0.39 is 11.7 Å². The summed E-state index contributed by atoms with van der Waals surface area (Å²) in [6, 6.07) is 10.7. The van der Waals surface area contributed by atoms with Gasteiger partial charge in [0.05, 0.1) is 11.8 Å². The summed E-state index contributed by atoms with van der Waals surface area (Å²) in [7, 11) is 0. The lowest BCUT2D eigenvalue weighted by molar-refractivity contribution is -0.137. The first-order chi connectivity index (χ1) is 12.3. The predicted molar refractivity (Wildman–Crippen MR) is 93.8 cm³/mol. The molecular formula is C18H16F3N5. The van der Waals surface area contributed by atoms with Gasteiger partial charge >= 0.3 is 6.18 Å². The molecule has 0 aliphatic heterocycles. The third kappa shape index (κ3) is 4.08. The highest BCUT2D eigenvalue weighted by molar-refractivity contribution is 5.65. The number of anilines is 4. The molecule has 0 amide bonds. The average Bonchev–Trinajstić information content (AvgIpc) is 2.58. The van der Waals surface area contributed by atoms with E-state index in [1.54, 1.807) is 0 Å². The van der Waals surface area contributed by atoms with E-state index in [1.165, 1.54) is 18.3 Å². The average molecular weight is 359 g/mol. The summed E-state index contributed by atoms with van der Waals surface area (Å²) in [5.74, 6) is 0.535. The molecule has 2 aromatic carbocycles. The van der Waals surface area contributed by atoms with Gasteiger partial charge in [-0.3, -0.25) is 0 Å². The van der Waals surface area contributed by atoms with Gasteiger partial charge in [0, 0.05) is 11.4 Å². The van der Waals surface area contributed by atoms with Crippen molar-refractivity contribution in [2.45, 2.75) is 20.0 Å². The molecule has 0 bridgehead atoms. The molecule has 0 spiro atoms. The molecule has 0 saturated heterocycles. The quantitative estimate of drug-likeness (QED) is 0.687. The maximum atomic E-state index is 12.8. The molecule has 0 atom stereocenters. The summed E-state index contributed by atoms with van der Waals surface area (Å²) >= 11 is 0. The van der Waals surface area contributed by atoms with Gasteiger partial charge in [0.2, 0.25) is 5.95 Å². The molecule has 8 heteroatoms. The minimum absolute atomic E-state index is 0.0977. The number of hydrogen-bond acceptors (Lipinski definition) is 5. The van der Waals surface area contributed by atoms with Crippen LogP contribution >= 0.6 is 0 Å². The highest BCUT2D eigenvalue weighted by Crippen LogP contribution is 2.31. The predicted octanol–water partition coefficient (Wildman–Crippen LogP) is 4.99. The van der Waals surface area contributed by atoms with Crippen LogP contribution in [0.3, 0.4) is 0 Å². The third-order valence-corrected chi connectivity index (χ3v) is 3.74. The van der Waals surface area contributed by atoms with Crippen LogP contribution in [0, 0.1) is 13.8 Å². The Morgan fingerprint density at radius 2 is 1.62 bits per heavy atom. The normalized spacial score (nSPS) is 11.3. The Bertz CT molecular complexity index is 904. The second-order valence-corrected chi connectivity index (χ2v) is 5.76. The summed E-state index contributed by atoms with van der Waals surface area (Å²) < 4.78 is 38.4. The molecule has 1 heterocycles. The molecule has 0 unspecified atom stereocenters. The van der Waals surface area contributed by atoms with Crippen LogP contribution in [0.1, 0.15) is 16.7 Å². The molecule has 0 fully saturated rings. The highest BCUT2D eigenvalue weighted by atomic mass is 19.4. The van der Waals surface area contributed by atoms with Crippen molar-refractivity contribution in [3.63, 3.8) is 0 Å². The van der Waals surface area contributed by atoms with Crippen molar-refractivity contribution in [3.8, 4) is 0 Å². The summed E-state index contributed by atoms with van der Waals surface area (Å²) in [4.78, 5) is 4.26. The van der Waals surface area contributed by atoms with Crippen molar-refractivity contribution in [1.82, 2.24) is 15.2 Å². The Balaban J connectivity index is 1.82. The van der Waals surface area contributed by atoms with Crippen LogP contribution in [0.5, 0.6) is 0 Å². The van der Waals surface area contributed by atoms with Gasteiger partial charge in [-0.15, -0.1) is 5.10 Å². The highest BCUT2D eigenvalue weighted by Gasteiger charge is 2.30. The monoisotopic (exact) mass is 359 g/mol. The van der Waals surface area contributed by atoms with E-state index in [9.17, 15) is 13.2 Å². The number of nitrogens with one attached hydrogen (secondary N) is 2. The van der Waals surface area contributed by atoms with Gasteiger partial charge in [0.15, 0.2) is 5.82 Å². The van der Waals surface area contributed by atoms with Crippen molar-refractivity contribution >= 4 is 23.1 Å². The van der Waals surface area contributed by atoms with Gasteiger partial charge in [-0.25, -0.2) is 0 Å².